The van der Waals surface area contributed by atoms with Gasteiger partial charge in [0.05, 0.1) is 10.5 Å². The van der Waals surface area contributed by atoms with Gasteiger partial charge in [0.2, 0.25) is 5.82 Å². The maximum atomic E-state index is 10.9. The van der Waals surface area contributed by atoms with Crippen molar-refractivity contribution in [3.63, 3.8) is 0 Å². The Labute approximate surface area is 109 Å². The average molecular weight is 265 g/mol. The van der Waals surface area contributed by atoms with Gasteiger partial charge < -0.3 is 10.4 Å². The molecule has 0 radical (unpaired) electrons. The Bertz CT molecular complexity index is 514. The molecular weight excluding hydrogens is 250 g/mol. The van der Waals surface area contributed by atoms with Crippen LogP contribution in [0, 0.1) is 16.0 Å². The summed E-state index contributed by atoms with van der Waals surface area (Å²) < 4.78 is 0. The zero-order valence-electron chi connectivity index (χ0n) is 10.5. The molecule has 0 aliphatic heterocycles. The van der Waals surface area contributed by atoms with E-state index in [1.165, 1.54) is 12.8 Å². The molecule has 2 rings (SSSR count). The number of carbonyl (C=O) groups is 1. The monoisotopic (exact) mass is 265 g/mol. The van der Waals surface area contributed by atoms with Gasteiger partial charge in [-0.1, -0.05) is 12.8 Å². The van der Waals surface area contributed by atoms with Gasteiger partial charge >= 0.3 is 11.7 Å². The summed E-state index contributed by atoms with van der Waals surface area (Å²) in [5.74, 6) is -0.406. The van der Waals surface area contributed by atoms with Crippen LogP contribution in [0.1, 0.15) is 36.5 Å². The van der Waals surface area contributed by atoms with E-state index < -0.39 is 10.9 Å². The molecule has 1 aliphatic carbocycles. The Morgan fingerprint density at radius 2 is 2.37 bits per heavy atom. The Morgan fingerprint density at radius 3 is 2.89 bits per heavy atom. The molecule has 7 nitrogen and oxygen atoms in total. The fourth-order valence-corrected chi connectivity index (χ4v) is 1.97. The third-order valence-corrected chi connectivity index (χ3v) is 3.08. The highest BCUT2D eigenvalue weighted by Crippen LogP contribution is 2.34. The van der Waals surface area contributed by atoms with Gasteiger partial charge in [-0.2, -0.15) is 0 Å². The van der Waals surface area contributed by atoms with E-state index in [1.54, 1.807) is 0 Å². The zero-order valence-corrected chi connectivity index (χ0v) is 10.5. The van der Waals surface area contributed by atoms with Crippen molar-refractivity contribution in [3.8, 4) is 0 Å². The van der Waals surface area contributed by atoms with E-state index in [9.17, 15) is 14.9 Å². The lowest BCUT2D eigenvalue weighted by atomic mass is 10.1. The van der Waals surface area contributed by atoms with E-state index in [2.05, 4.69) is 10.3 Å². The number of anilines is 1. The Morgan fingerprint density at radius 1 is 1.68 bits per heavy atom. The van der Waals surface area contributed by atoms with Crippen molar-refractivity contribution in [2.24, 2.45) is 5.92 Å². The van der Waals surface area contributed by atoms with E-state index in [-0.39, 0.29) is 23.1 Å². The van der Waals surface area contributed by atoms with Gasteiger partial charge in [-0.05, 0) is 19.3 Å². The van der Waals surface area contributed by atoms with Crippen LogP contribution in [-0.2, 0) is 0 Å². The molecule has 1 aliphatic rings. The number of nitrogens with zero attached hydrogens (tertiary/aromatic N) is 2. The number of pyridine rings is 1. The van der Waals surface area contributed by atoms with E-state index in [1.807, 2.05) is 6.92 Å². The van der Waals surface area contributed by atoms with Crippen LogP contribution in [0.5, 0.6) is 0 Å². The number of nitro groups is 1. The number of hydrogen-bond acceptors (Lipinski definition) is 5. The summed E-state index contributed by atoms with van der Waals surface area (Å²) in [6, 6.07) is 1.11. The van der Waals surface area contributed by atoms with E-state index in [4.69, 9.17) is 5.11 Å². The smallest absolute Gasteiger partial charge is 0.337 e. The molecule has 1 atom stereocenters. The van der Waals surface area contributed by atoms with Gasteiger partial charge in [-0.15, -0.1) is 0 Å². The SMILES string of the molecule is CC(CC1CC1)Nc1ncc(C(=O)O)cc1[N+](=O)[O-]. The second-order valence-corrected chi connectivity index (χ2v) is 4.88. The largest absolute Gasteiger partial charge is 0.478 e. The molecule has 1 unspecified atom stereocenters. The summed E-state index contributed by atoms with van der Waals surface area (Å²) in [5, 5.41) is 22.7. The molecule has 0 amide bonds. The van der Waals surface area contributed by atoms with Crippen LogP contribution in [0.25, 0.3) is 0 Å². The van der Waals surface area contributed by atoms with Crippen LogP contribution < -0.4 is 5.32 Å². The minimum Gasteiger partial charge on any atom is -0.478 e. The van der Waals surface area contributed by atoms with Crippen LogP contribution in [0.2, 0.25) is 0 Å². The lowest BCUT2D eigenvalue weighted by Gasteiger charge is -2.14. The molecular formula is C12H15N3O4. The van der Waals surface area contributed by atoms with Gasteiger partial charge in [0.25, 0.3) is 0 Å². The Hall–Kier alpha value is -2.18. The quantitative estimate of drug-likeness (QED) is 0.603. The zero-order chi connectivity index (χ0) is 14.0. The van der Waals surface area contributed by atoms with Crippen molar-refractivity contribution in [3.05, 3.63) is 27.9 Å². The van der Waals surface area contributed by atoms with Crippen molar-refractivity contribution in [2.45, 2.75) is 32.2 Å². The van der Waals surface area contributed by atoms with E-state index in [0.717, 1.165) is 18.7 Å². The number of carboxylic acids is 1. The maximum absolute atomic E-state index is 10.9. The summed E-state index contributed by atoms with van der Waals surface area (Å²) >= 11 is 0. The molecule has 7 heteroatoms. The Kier molecular flexibility index (Phi) is 3.64. The highest BCUT2D eigenvalue weighted by Gasteiger charge is 2.25. The molecule has 1 heterocycles. The predicted molar refractivity (Wildman–Crippen MR) is 68.3 cm³/mol. The number of carboxylic acid groups (broad SMARTS) is 1. The van der Waals surface area contributed by atoms with Gasteiger partial charge in [0, 0.05) is 18.3 Å². The third-order valence-electron chi connectivity index (χ3n) is 3.08. The van der Waals surface area contributed by atoms with Crippen molar-refractivity contribution < 1.29 is 14.8 Å². The van der Waals surface area contributed by atoms with Crippen LogP contribution in [0.4, 0.5) is 11.5 Å². The minimum atomic E-state index is -1.23. The van der Waals surface area contributed by atoms with Crippen molar-refractivity contribution in [1.82, 2.24) is 4.98 Å². The standard InChI is InChI=1S/C12H15N3O4/c1-7(4-8-2-3-8)14-11-10(15(18)19)5-9(6-13-11)12(16)17/h5-8H,2-4H2,1H3,(H,13,14)(H,16,17). The number of rotatable bonds is 6. The topological polar surface area (TPSA) is 105 Å². The average Bonchev–Trinajstić information content (AvgIpc) is 3.12. The number of aromatic nitrogens is 1. The molecule has 1 aromatic rings. The summed E-state index contributed by atoms with van der Waals surface area (Å²) in [4.78, 5) is 25.0. The molecule has 102 valence electrons. The molecule has 1 aromatic heterocycles. The first-order valence-corrected chi connectivity index (χ1v) is 6.11. The molecule has 0 bridgehead atoms. The molecule has 0 aromatic carbocycles. The first kappa shape index (κ1) is 13.3. The van der Waals surface area contributed by atoms with E-state index >= 15 is 0 Å². The summed E-state index contributed by atoms with van der Waals surface area (Å²) in [7, 11) is 0. The molecule has 2 N–H and O–H groups in total. The highest BCUT2D eigenvalue weighted by molar-refractivity contribution is 5.88. The normalized spacial score (nSPS) is 15.8. The molecule has 19 heavy (non-hydrogen) atoms. The number of nitrogens with one attached hydrogen (secondary N) is 1. The Balaban J connectivity index is 2.17. The molecule has 0 saturated heterocycles. The molecule has 1 saturated carbocycles. The van der Waals surface area contributed by atoms with Gasteiger partial charge in [-0.25, -0.2) is 9.78 Å². The minimum absolute atomic E-state index is 0.0781. The maximum Gasteiger partial charge on any atom is 0.337 e. The fourth-order valence-electron chi connectivity index (χ4n) is 1.97. The highest BCUT2D eigenvalue weighted by atomic mass is 16.6. The fraction of sp³-hybridized carbons (Fsp3) is 0.500. The van der Waals surface area contributed by atoms with Crippen LogP contribution >= 0.6 is 0 Å². The lowest BCUT2D eigenvalue weighted by Crippen LogP contribution is -2.18. The van der Waals surface area contributed by atoms with Crippen LogP contribution in [0.3, 0.4) is 0 Å². The second kappa shape index (κ2) is 5.21. The number of aromatic carboxylic acids is 1. The van der Waals surface area contributed by atoms with Crippen LogP contribution in [0.15, 0.2) is 12.3 Å². The van der Waals surface area contributed by atoms with Crippen molar-refractivity contribution >= 4 is 17.5 Å². The lowest BCUT2D eigenvalue weighted by molar-refractivity contribution is -0.384. The van der Waals surface area contributed by atoms with Crippen LogP contribution in [-0.4, -0.2) is 27.0 Å². The van der Waals surface area contributed by atoms with Crippen molar-refractivity contribution in [2.75, 3.05) is 5.32 Å². The summed E-state index contributed by atoms with van der Waals surface area (Å²) in [6.45, 7) is 1.94. The molecule has 1 fully saturated rings. The number of hydrogen-bond donors (Lipinski definition) is 2. The first-order valence-electron chi connectivity index (χ1n) is 6.11. The first-order chi connectivity index (χ1) is 8.97. The van der Waals surface area contributed by atoms with Gasteiger partial charge in [0.15, 0.2) is 0 Å². The van der Waals surface area contributed by atoms with Gasteiger partial charge in [-0.3, -0.25) is 10.1 Å². The predicted octanol–water partition coefficient (Wildman–Crippen LogP) is 2.29. The van der Waals surface area contributed by atoms with Crippen molar-refractivity contribution in [1.29, 1.82) is 0 Å². The van der Waals surface area contributed by atoms with Gasteiger partial charge in [0.1, 0.15) is 0 Å². The third kappa shape index (κ3) is 3.40. The second-order valence-electron chi connectivity index (χ2n) is 4.88. The summed E-state index contributed by atoms with van der Waals surface area (Å²) in [5.41, 5.74) is -0.491. The molecule has 0 spiro atoms. The van der Waals surface area contributed by atoms with E-state index in [0.29, 0.717) is 5.92 Å². The summed E-state index contributed by atoms with van der Waals surface area (Å²) in [6.07, 6.45) is 4.49.